The number of hydrogen-bond acceptors (Lipinski definition) is 3. The number of fused-ring (bicyclic) bond motifs is 1. The number of carbonyl (C=O) groups excluding carboxylic acids is 1. The molecule has 5 heteroatoms. The molecule has 3 rings (SSSR count). The summed E-state index contributed by atoms with van der Waals surface area (Å²) < 4.78 is 0. The number of nitriles is 2. The Kier molecular flexibility index (Phi) is 4.64. The first kappa shape index (κ1) is 16.2. The zero-order valence-electron chi connectivity index (χ0n) is 13.9. The van der Waals surface area contributed by atoms with E-state index >= 15 is 0 Å². The quantitative estimate of drug-likeness (QED) is 0.672. The van der Waals surface area contributed by atoms with Crippen LogP contribution in [0.1, 0.15) is 30.4 Å². The number of rotatable bonds is 3. The summed E-state index contributed by atoms with van der Waals surface area (Å²) in [6, 6.07) is 9.54. The van der Waals surface area contributed by atoms with Gasteiger partial charge in [0.25, 0.3) is 5.91 Å². The summed E-state index contributed by atoms with van der Waals surface area (Å²) in [5, 5.41) is 18.4. The molecule has 1 aromatic carbocycles. The second kappa shape index (κ2) is 6.86. The van der Waals surface area contributed by atoms with E-state index in [9.17, 15) is 15.3 Å². The minimum atomic E-state index is -0.217. The second-order valence-electron chi connectivity index (χ2n) is 6.51. The summed E-state index contributed by atoms with van der Waals surface area (Å²) in [4.78, 5) is 16.1. The van der Waals surface area contributed by atoms with Gasteiger partial charge in [-0.3, -0.25) is 4.79 Å². The third kappa shape index (κ3) is 2.91. The number of hydrogen-bond donors (Lipinski definition) is 1. The van der Waals surface area contributed by atoms with Gasteiger partial charge in [0.15, 0.2) is 0 Å². The van der Waals surface area contributed by atoms with Gasteiger partial charge in [0.05, 0.1) is 37.4 Å². The summed E-state index contributed by atoms with van der Waals surface area (Å²) in [5.74, 6) is -0.217. The molecule has 0 aliphatic carbocycles. The van der Waals surface area contributed by atoms with E-state index in [4.69, 9.17) is 0 Å². The van der Waals surface area contributed by atoms with E-state index in [-0.39, 0.29) is 17.1 Å². The molecule has 2 aliphatic heterocycles. The van der Waals surface area contributed by atoms with Crippen molar-refractivity contribution in [2.75, 3.05) is 31.1 Å². The summed E-state index contributed by atoms with van der Waals surface area (Å²) in [5.41, 5.74) is 2.71. The van der Waals surface area contributed by atoms with Crippen molar-refractivity contribution in [3.63, 3.8) is 0 Å². The maximum Gasteiger partial charge on any atom is 0.261 e. The van der Waals surface area contributed by atoms with E-state index in [1.54, 1.807) is 4.90 Å². The number of nitrogens with zero attached hydrogens (tertiary/aromatic N) is 3. The normalized spacial score (nSPS) is 17.4. The lowest BCUT2D eigenvalue weighted by molar-refractivity contribution is -0.903. The average molecular weight is 321 g/mol. The zero-order chi connectivity index (χ0) is 17.1. The van der Waals surface area contributed by atoms with Gasteiger partial charge in [0, 0.05) is 5.56 Å². The highest BCUT2D eigenvalue weighted by Crippen LogP contribution is 2.38. The van der Waals surface area contributed by atoms with E-state index in [0.717, 1.165) is 30.9 Å². The van der Waals surface area contributed by atoms with Gasteiger partial charge in [-0.1, -0.05) is 11.6 Å². The van der Waals surface area contributed by atoms with Crippen LogP contribution in [0.2, 0.25) is 0 Å². The molecule has 1 saturated heterocycles. The number of nitrogens with one attached hydrogen (secondary N) is 1. The molecule has 24 heavy (non-hydrogen) atoms. The fraction of sp³-hybridized carbons (Fsp3) is 0.421. The molecule has 1 amide bonds. The second-order valence-corrected chi connectivity index (χ2v) is 6.51. The van der Waals surface area contributed by atoms with Gasteiger partial charge in [0.1, 0.15) is 17.7 Å². The van der Waals surface area contributed by atoms with Gasteiger partial charge in [-0.25, -0.2) is 0 Å². The monoisotopic (exact) mass is 321 g/mol. The average Bonchev–Trinajstić information content (AvgIpc) is 2.87. The Morgan fingerprint density at radius 3 is 2.58 bits per heavy atom. The number of allylic oxidation sites excluding steroid dienone is 1. The van der Waals surface area contributed by atoms with Crippen LogP contribution in [0.25, 0.3) is 5.57 Å². The maximum absolute atomic E-state index is 12.9. The highest BCUT2D eigenvalue weighted by molar-refractivity contribution is 6.34. The predicted molar refractivity (Wildman–Crippen MR) is 91.1 cm³/mol. The molecule has 0 radical (unpaired) electrons. The summed E-state index contributed by atoms with van der Waals surface area (Å²) in [7, 11) is 0. The Morgan fingerprint density at radius 2 is 1.92 bits per heavy atom. The number of piperidine rings is 1. The molecule has 1 fully saturated rings. The van der Waals surface area contributed by atoms with Gasteiger partial charge < -0.3 is 9.80 Å². The van der Waals surface area contributed by atoms with Crippen LogP contribution in [0.3, 0.4) is 0 Å². The zero-order valence-corrected chi connectivity index (χ0v) is 13.9. The van der Waals surface area contributed by atoms with Crippen LogP contribution < -0.4 is 9.80 Å². The first-order chi connectivity index (χ1) is 11.7. The lowest BCUT2D eigenvalue weighted by atomic mass is 10.0. The van der Waals surface area contributed by atoms with E-state index in [0.29, 0.717) is 12.1 Å². The fourth-order valence-corrected chi connectivity index (χ4v) is 3.62. The molecule has 2 aliphatic rings. The van der Waals surface area contributed by atoms with Crippen molar-refractivity contribution in [1.29, 1.82) is 10.5 Å². The molecular formula is C19H21N4O+. The van der Waals surface area contributed by atoms with Crippen LogP contribution >= 0.6 is 0 Å². The number of aryl methyl sites for hydroxylation is 1. The van der Waals surface area contributed by atoms with Gasteiger partial charge in [-0.15, -0.1) is 0 Å². The van der Waals surface area contributed by atoms with Crippen molar-refractivity contribution >= 4 is 17.2 Å². The topological polar surface area (TPSA) is 72.3 Å². The lowest BCUT2D eigenvalue weighted by Crippen LogP contribution is -3.13. The molecule has 0 unspecified atom stereocenters. The molecule has 0 saturated carbocycles. The Hall–Kier alpha value is -2.63. The number of likely N-dealkylation sites (tertiary alicyclic amines) is 1. The van der Waals surface area contributed by atoms with E-state index in [2.05, 4.69) is 0 Å². The number of benzene rings is 1. The highest BCUT2D eigenvalue weighted by Gasteiger charge is 2.35. The van der Waals surface area contributed by atoms with Gasteiger partial charge in [0.2, 0.25) is 0 Å². The van der Waals surface area contributed by atoms with Crippen molar-refractivity contribution in [3.8, 4) is 12.1 Å². The Morgan fingerprint density at radius 1 is 1.21 bits per heavy atom. The molecule has 0 bridgehead atoms. The molecule has 2 heterocycles. The number of carbonyl (C=O) groups is 1. The first-order valence-electron chi connectivity index (χ1n) is 8.46. The third-order valence-corrected chi connectivity index (χ3v) is 4.89. The molecule has 1 N–H and O–H groups in total. The summed E-state index contributed by atoms with van der Waals surface area (Å²) in [6.45, 7) is 5.79. The summed E-state index contributed by atoms with van der Waals surface area (Å²) in [6.07, 6.45) is 3.79. The van der Waals surface area contributed by atoms with Crippen molar-refractivity contribution < 1.29 is 9.69 Å². The smallest absolute Gasteiger partial charge is 0.261 e. The van der Waals surface area contributed by atoms with Gasteiger partial charge in [-0.2, -0.15) is 10.5 Å². The van der Waals surface area contributed by atoms with E-state index < -0.39 is 0 Å². The minimum Gasteiger partial charge on any atom is -0.333 e. The van der Waals surface area contributed by atoms with Gasteiger partial charge >= 0.3 is 0 Å². The van der Waals surface area contributed by atoms with Crippen LogP contribution in [0, 0.1) is 29.6 Å². The van der Waals surface area contributed by atoms with Crippen LogP contribution in [-0.4, -0.2) is 32.1 Å². The molecule has 0 spiro atoms. The number of quaternary nitrogens is 1. The minimum absolute atomic E-state index is 0.0975. The van der Waals surface area contributed by atoms with Gasteiger partial charge in [-0.05, 0) is 38.3 Å². The van der Waals surface area contributed by atoms with Crippen LogP contribution in [-0.2, 0) is 4.79 Å². The van der Waals surface area contributed by atoms with E-state index in [1.807, 2.05) is 37.3 Å². The van der Waals surface area contributed by atoms with Crippen molar-refractivity contribution in [2.24, 2.45) is 0 Å². The van der Waals surface area contributed by atoms with Crippen molar-refractivity contribution in [2.45, 2.75) is 26.2 Å². The standard InChI is InChI=1S/C19H20N4O/c1-14-5-6-17-16(11-14)18(15(12-20)13-21)19(24)23(17)10-9-22-7-3-2-4-8-22/h5-6,11H,2-4,7-10H2,1H3/p+1. The largest absolute Gasteiger partial charge is 0.333 e. The lowest BCUT2D eigenvalue weighted by Gasteiger charge is -2.26. The molecule has 1 aromatic rings. The van der Waals surface area contributed by atoms with Crippen molar-refractivity contribution in [3.05, 3.63) is 34.9 Å². The maximum atomic E-state index is 12.9. The SMILES string of the molecule is Cc1ccc2c(c1)C(=C(C#N)C#N)C(=O)N2CC[NH+]1CCCCC1. The Bertz CT molecular complexity index is 760. The molecule has 0 aromatic heterocycles. The van der Waals surface area contributed by atoms with Crippen molar-refractivity contribution in [1.82, 2.24) is 0 Å². The molecule has 122 valence electrons. The Labute approximate surface area is 142 Å². The third-order valence-electron chi connectivity index (χ3n) is 4.89. The van der Waals surface area contributed by atoms with Crippen LogP contribution in [0.15, 0.2) is 23.8 Å². The molecule has 0 atom stereocenters. The molecular weight excluding hydrogens is 300 g/mol. The predicted octanol–water partition coefficient (Wildman–Crippen LogP) is 1.21. The van der Waals surface area contributed by atoms with E-state index in [1.165, 1.54) is 24.2 Å². The fourth-order valence-electron chi connectivity index (χ4n) is 3.62. The highest BCUT2D eigenvalue weighted by atomic mass is 16.2. The number of amides is 1. The summed E-state index contributed by atoms with van der Waals surface area (Å²) >= 11 is 0. The first-order valence-corrected chi connectivity index (χ1v) is 8.46. The molecule has 5 nitrogen and oxygen atoms in total. The Balaban J connectivity index is 1.92. The number of anilines is 1. The van der Waals surface area contributed by atoms with Crippen LogP contribution in [0.4, 0.5) is 5.69 Å². The van der Waals surface area contributed by atoms with Crippen LogP contribution in [0.5, 0.6) is 0 Å².